The molecule has 2 amide bonds. The number of rotatable bonds is 7. The lowest BCUT2D eigenvalue weighted by Crippen LogP contribution is -2.49. The van der Waals surface area contributed by atoms with Gasteiger partial charge < -0.3 is 15.1 Å². The molecular formula is C26H37N7O2S. The molecule has 0 radical (unpaired) electrons. The third-order valence-electron chi connectivity index (χ3n) is 7.86. The predicted molar refractivity (Wildman–Crippen MR) is 144 cm³/mol. The van der Waals surface area contributed by atoms with Gasteiger partial charge in [-0.25, -0.2) is 0 Å². The maximum atomic E-state index is 12.8. The van der Waals surface area contributed by atoms with Crippen LogP contribution in [-0.2, 0) is 9.59 Å². The maximum absolute atomic E-state index is 12.8. The fourth-order valence-electron chi connectivity index (χ4n) is 5.40. The van der Waals surface area contributed by atoms with Gasteiger partial charge in [-0.15, -0.1) is 10.2 Å². The average Bonchev–Trinajstić information content (AvgIpc) is 3.55. The highest BCUT2D eigenvalue weighted by Gasteiger charge is 2.29. The third kappa shape index (κ3) is 5.49. The lowest BCUT2D eigenvalue weighted by Gasteiger charge is -2.37. The number of carbonyl (C=O) groups excluding carboxylic acids is 2. The van der Waals surface area contributed by atoms with Gasteiger partial charge in [-0.1, -0.05) is 23.5 Å². The zero-order valence-corrected chi connectivity index (χ0v) is 22.2. The van der Waals surface area contributed by atoms with Crippen LogP contribution in [-0.4, -0.2) is 85.8 Å². The minimum absolute atomic E-state index is 0.0509. The molecule has 3 fully saturated rings. The van der Waals surface area contributed by atoms with Crippen molar-refractivity contribution in [1.29, 1.82) is 0 Å². The highest BCUT2D eigenvalue weighted by atomic mass is 32.1. The van der Waals surface area contributed by atoms with E-state index in [-0.39, 0.29) is 17.7 Å². The number of nitrogens with zero attached hydrogens (tertiary/aromatic N) is 6. The summed E-state index contributed by atoms with van der Waals surface area (Å²) in [5.74, 6) is 0.357. The van der Waals surface area contributed by atoms with Gasteiger partial charge in [0.2, 0.25) is 22.1 Å². The van der Waals surface area contributed by atoms with Gasteiger partial charge >= 0.3 is 0 Å². The van der Waals surface area contributed by atoms with Crippen molar-refractivity contribution < 1.29 is 9.59 Å². The number of hydrogen-bond donors (Lipinski definition) is 1. The molecule has 0 bridgehead atoms. The third-order valence-corrected chi connectivity index (χ3v) is 8.87. The number of benzene rings is 1. The largest absolute Gasteiger partial charge is 0.369 e. The molecule has 1 N–H and O–H groups in total. The second-order valence-corrected chi connectivity index (χ2v) is 11.1. The number of aryl methyl sites for hydroxylation is 1. The number of anilines is 3. The second kappa shape index (κ2) is 11.1. The van der Waals surface area contributed by atoms with Crippen molar-refractivity contribution in [2.24, 2.45) is 5.92 Å². The van der Waals surface area contributed by atoms with Crippen LogP contribution in [0.1, 0.15) is 36.8 Å². The Morgan fingerprint density at radius 1 is 1.00 bits per heavy atom. The molecule has 2 aromatic rings. The Morgan fingerprint density at radius 3 is 2.47 bits per heavy atom. The molecule has 3 aliphatic rings. The summed E-state index contributed by atoms with van der Waals surface area (Å²) in [7, 11) is 0. The molecule has 0 atom stereocenters. The number of aromatic nitrogens is 2. The van der Waals surface area contributed by atoms with Crippen molar-refractivity contribution in [1.82, 2.24) is 20.4 Å². The van der Waals surface area contributed by atoms with Gasteiger partial charge in [-0.05, 0) is 50.3 Å². The Morgan fingerprint density at radius 2 is 1.75 bits per heavy atom. The van der Waals surface area contributed by atoms with Gasteiger partial charge in [-0.2, -0.15) is 0 Å². The quantitative estimate of drug-likeness (QED) is 0.611. The monoisotopic (exact) mass is 511 g/mol. The number of piperazine rings is 1. The number of nitrogens with one attached hydrogen (secondary N) is 1. The Labute approximate surface area is 217 Å². The molecular weight excluding hydrogens is 474 g/mol. The predicted octanol–water partition coefficient (Wildman–Crippen LogP) is 2.44. The van der Waals surface area contributed by atoms with Crippen LogP contribution in [0.2, 0.25) is 0 Å². The molecule has 0 unspecified atom stereocenters. The summed E-state index contributed by atoms with van der Waals surface area (Å²) in [6.45, 7) is 12.4. The van der Waals surface area contributed by atoms with E-state index in [0.717, 1.165) is 76.8 Å². The first-order valence-electron chi connectivity index (χ1n) is 13.2. The summed E-state index contributed by atoms with van der Waals surface area (Å²) in [6, 6.07) is 6.54. The van der Waals surface area contributed by atoms with Crippen molar-refractivity contribution in [3.63, 3.8) is 0 Å². The van der Waals surface area contributed by atoms with Gasteiger partial charge in [0.05, 0.1) is 0 Å². The Balaban J connectivity index is 1.01. The first kappa shape index (κ1) is 25.0. The molecule has 36 heavy (non-hydrogen) atoms. The Bertz CT molecular complexity index is 1070. The van der Waals surface area contributed by atoms with Gasteiger partial charge in [0.25, 0.3) is 0 Å². The minimum atomic E-state index is 0.0509. The van der Waals surface area contributed by atoms with E-state index in [1.807, 2.05) is 0 Å². The first-order chi connectivity index (χ1) is 17.5. The molecule has 10 heteroatoms. The number of piperidine rings is 1. The number of amides is 2. The zero-order chi connectivity index (χ0) is 25.1. The van der Waals surface area contributed by atoms with E-state index in [0.29, 0.717) is 18.1 Å². The molecule has 0 spiro atoms. The zero-order valence-electron chi connectivity index (χ0n) is 21.4. The van der Waals surface area contributed by atoms with E-state index < -0.39 is 0 Å². The summed E-state index contributed by atoms with van der Waals surface area (Å²) in [5, 5.41) is 13.3. The summed E-state index contributed by atoms with van der Waals surface area (Å²) in [6.07, 6.45) is 3.12. The van der Waals surface area contributed by atoms with Crippen LogP contribution >= 0.6 is 11.3 Å². The van der Waals surface area contributed by atoms with E-state index >= 15 is 0 Å². The highest BCUT2D eigenvalue weighted by Crippen LogP contribution is 2.32. The van der Waals surface area contributed by atoms with E-state index in [1.165, 1.54) is 28.2 Å². The van der Waals surface area contributed by atoms with Crippen molar-refractivity contribution >= 4 is 39.1 Å². The van der Waals surface area contributed by atoms with Crippen LogP contribution in [0.25, 0.3) is 0 Å². The highest BCUT2D eigenvalue weighted by molar-refractivity contribution is 7.19. The molecule has 1 aromatic heterocycles. The first-order valence-corrected chi connectivity index (χ1v) is 14.0. The van der Waals surface area contributed by atoms with Crippen LogP contribution in [0, 0.1) is 19.8 Å². The van der Waals surface area contributed by atoms with Crippen molar-refractivity contribution in [3.8, 4) is 0 Å². The normalized spacial score (nSPS) is 19.8. The van der Waals surface area contributed by atoms with Gasteiger partial charge in [0.1, 0.15) is 0 Å². The molecule has 5 rings (SSSR count). The van der Waals surface area contributed by atoms with Gasteiger partial charge in [-0.3, -0.25) is 19.4 Å². The maximum Gasteiger partial charge on any atom is 0.228 e. The van der Waals surface area contributed by atoms with E-state index in [9.17, 15) is 9.59 Å². The lowest BCUT2D eigenvalue weighted by atomic mass is 9.96. The van der Waals surface area contributed by atoms with Crippen molar-refractivity contribution in [2.75, 3.05) is 73.6 Å². The molecule has 4 heterocycles. The molecule has 0 aliphatic carbocycles. The fraction of sp³-hybridized carbons (Fsp3) is 0.615. The summed E-state index contributed by atoms with van der Waals surface area (Å²) >= 11 is 1.48. The van der Waals surface area contributed by atoms with E-state index in [4.69, 9.17) is 0 Å². The average molecular weight is 512 g/mol. The minimum Gasteiger partial charge on any atom is -0.369 e. The van der Waals surface area contributed by atoms with Crippen molar-refractivity contribution in [3.05, 3.63) is 29.3 Å². The summed E-state index contributed by atoms with van der Waals surface area (Å²) < 4.78 is 0. The molecule has 3 saturated heterocycles. The van der Waals surface area contributed by atoms with E-state index in [2.05, 4.69) is 62.3 Å². The molecule has 3 aliphatic heterocycles. The van der Waals surface area contributed by atoms with Crippen LogP contribution in [0.4, 0.5) is 16.0 Å². The Kier molecular flexibility index (Phi) is 7.71. The van der Waals surface area contributed by atoms with Gasteiger partial charge in [0, 0.05) is 76.9 Å². The SMILES string of the molecule is Cc1cccc(N2CCN(CCNC(=O)C3CCN(c4nnc(N5CCCC5=O)s4)CC3)CC2)c1C. The molecule has 194 valence electrons. The second-order valence-electron chi connectivity index (χ2n) is 10.1. The summed E-state index contributed by atoms with van der Waals surface area (Å²) in [5.41, 5.74) is 4.07. The summed E-state index contributed by atoms with van der Waals surface area (Å²) in [4.78, 5) is 33.6. The molecule has 0 saturated carbocycles. The fourth-order valence-corrected chi connectivity index (χ4v) is 6.34. The molecule has 1 aromatic carbocycles. The van der Waals surface area contributed by atoms with Crippen LogP contribution in [0.5, 0.6) is 0 Å². The van der Waals surface area contributed by atoms with Crippen molar-refractivity contribution in [2.45, 2.75) is 39.5 Å². The van der Waals surface area contributed by atoms with Gasteiger partial charge in [0.15, 0.2) is 0 Å². The van der Waals surface area contributed by atoms with E-state index in [1.54, 1.807) is 4.90 Å². The topological polar surface area (TPSA) is 84.9 Å². The smallest absolute Gasteiger partial charge is 0.228 e. The van der Waals surface area contributed by atoms with Crippen LogP contribution in [0.3, 0.4) is 0 Å². The number of hydrogen-bond acceptors (Lipinski definition) is 8. The lowest BCUT2D eigenvalue weighted by molar-refractivity contribution is -0.125. The molecule has 9 nitrogen and oxygen atoms in total. The Hall–Kier alpha value is -2.72. The van der Waals surface area contributed by atoms with Crippen LogP contribution < -0.4 is 20.0 Å². The van der Waals surface area contributed by atoms with Crippen LogP contribution in [0.15, 0.2) is 18.2 Å². The standard InChI is InChI=1S/C26H37N7O2S/c1-19-5-3-6-22(20(19)2)31-17-15-30(16-18-31)14-10-27-24(35)21-8-12-32(13-9-21)25-28-29-26(36-25)33-11-4-7-23(33)34/h3,5-6,21H,4,7-18H2,1-2H3,(H,27,35). The number of carbonyl (C=O) groups is 2.